The summed E-state index contributed by atoms with van der Waals surface area (Å²) in [6.07, 6.45) is -0.777. The molecule has 8 nitrogen and oxygen atoms in total. The van der Waals surface area contributed by atoms with Crippen LogP contribution in [0.2, 0.25) is 0 Å². The monoisotopic (exact) mass is 381 g/mol. The van der Waals surface area contributed by atoms with Crippen LogP contribution in [0.15, 0.2) is 30.3 Å². The molecule has 0 saturated carbocycles. The lowest BCUT2D eigenvalue weighted by Gasteiger charge is -2.19. The third-order valence-electron chi connectivity index (χ3n) is 3.67. The van der Waals surface area contributed by atoms with Gasteiger partial charge in [-0.15, -0.1) is 0 Å². The Bertz CT molecular complexity index is 668. The van der Waals surface area contributed by atoms with Crippen LogP contribution < -0.4 is 16.0 Å². The first-order valence-electron chi connectivity index (χ1n) is 8.41. The third-order valence-corrected chi connectivity index (χ3v) is 3.67. The molecule has 3 atom stereocenters. The first-order valence-corrected chi connectivity index (χ1v) is 8.41. The second-order valence-corrected chi connectivity index (χ2v) is 5.99. The maximum atomic E-state index is 12.3. The molecule has 0 radical (unpaired) electrons. The van der Waals surface area contributed by atoms with Crippen LogP contribution in [0.3, 0.4) is 0 Å². The van der Waals surface area contributed by atoms with Crippen LogP contribution in [0.1, 0.15) is 26.3 Å². The highest BCUT2D eigenvalue weighted by atomic mass is 19.1. The minimum absolute atomic E-state index is 0.0559. The predicted octanol–water partition coefficient (Wildman–Crippen LogP) is 0.849. The molecule has 3 amide bonds. The summed E-state index contributed by atoms with van der Waals surface area (Å²) < 4.78 is 17.3. The molecule has 3 N–H and O–H groups in total. The van der Waals surface area contributed by atoms with E-state index in [0.717, 1.165) is 5.56 Å². The fourth-order valence-corrected chi connectivity index (χ4v) is 1.95. The van der Waals surface area contributed by atoms with Crippen LogP contribution in [0, 0.1) is 0 Å². The second kappa shape index (κ2) is 10.9. The summed E-state index contributed by atoms with van der Waals surface area (Å²) in [5, 5.41) is 7.05. The van der Waals surface area contributed by atoms with Crippen molar-refractivity contribution in [3.8, 4) is 0 Å². The van der Waals surface area contributed by atoms with Crippen LogP contribution in [-0.4, -0.2) is 48.5 Å². The van der Waals surface area contributed by atoms with Crippen molar-refractivity contribution in [3.63, 3.8) is 0 Å². The Morgan fingerprint density at radius 2 is 1.41 bits per heavy atom. The van der Waals surface area contributed by atoms with Crippen molar-refractivity contribution in [3.05, 3.63) is 35.9 Å². The first-order chi connectivity index (χ1) is 12.7. The average molecular weight is 381 g/mol. The molecule has 0 saturated heterocycles. The van der Waals surface area contributed by atoms with Gasteiger partial charge in [-0.1, -0.05) is 30.3 Å². The highest BCUT2D eigenvalue weighted by Gasteiger charge is 2.23. The fraction of sp³-hybridized carbons (Fsp3) is 0.444. The molecule has 1 aromatic rings. The SMILES string of the molecule is C[C@H](NC(=O)[C@H](C)NC(=O)[C@H](C)NC(=O)OCc1ccccc1)C(=O)CF. The molecule has 0 fully saturated rings. The topological polar surface area (TPSA) is 114 Å². The summed E-state index contributed by atoms with van der Waals surface area (Å²) in [7, 11) is 0. The second-order valence-electron chi connectivity index (χ2n) is 5.99. The zero-order valence-corrected chi connectivity index (χ0v) is 15.5. The van der Waals surface area contributed by atoms with E-state index in [-0.39, 0.29) is 6.61 Å². The summed E-state index contributed by atoms with van der Waals surface area (Å²) in [5.74, 6) is -2.02. The Morgan fingerprint density at radius 1 is 0.889 bits per heavy atom. The number of hydrogen-bond acceptors (Lipinski definition) is 5. The number of benzene rings is 1. The minimum Gasteiger partial charge on any atom is -0.445 e. The van der Waals surface area contributed by atoms with Crippen molar-refractivity contribution in [2.45, 2.75) is 45.5 Å². The van der Waals surface area contributed by atoms with E-state index in [1.54, 1.807) is 24.3 Å². The van der Waals surface area contributed by atoms with Gasteiger partial charge in [0.1, 0.15) is 25.4 Å². The van der Waals surface area contributed by atoms with Gasteiger partial charge in [-0.25, -0.2) is 9.18 Å². The summed E-state index contributed by atoms with van der Waals surface area (Å²) in [6, 6.07) is 6.11. The van der Waals surface area contributed by atoms with Gasteiger partial charge in [0, 0.05) is 0 Å². The van der Waals surface area contributed by atoms with Gasteiger partial charge in [-0.2, -0.15) is 0 Å². The van der Waals surface area contributed by atoms with Crippen molar-refractivity contribution in [1.82, 2.24) is 16.0 Å². The number of amides is 3. The minimum atomic E-state index is -1.19. The molecular formula is C18H24FN3O5. The number of Topliss-reactive ketones (excluding diaryl/α,β-unsaturated/α-hetero) is 1. The molecule has 0 aliphatic rings. The van der Waals surface area contributed by atoms with E-state index in [2.05, 4.69) is 16.0 Å². The number of rotatable bonds is 9. The maximum Gasteiger partial charge on any atom is 0.408 e. The van der Waals surface area contributed by atoms with E-state index in [0.29, 0.717) is 0 Å². The summed E-state index contributed by atoms with van der Waals surface area (Å²) >= 11 is 0. The summed E-state index contributed by atoms with van der Waals surface area (Å²) in [5.41, 5.74) is 0.798. The molecule has 0 bridgehead atoms. The molecule has 0 unspecified atom stereocenters. The van der Waals surface area contributed by atoms with Crippen LogP contribution in [0.25, 0.3) is 0 Å². The van der Waals surface area contributed by atoms with E-state index in [1.165, 1.54) is 20.8 Å². The Balaban J connectivity index is 2.40. The van der Waals surface area contributed by atoms with Gasteiger partial charge < -0.3 is 20.7 Å². The Labute approximate surface area is 156 Å². The molecule has 9 heteroatoms. The average Bonchev–Trinajstić information content (AvgIpc) is 2.66. The van der Waals surface area contributed by atoms with Gasteiger partial charge >= 0.3 is 6.09 Å². The highest BCUT2D eigenvalue weighted by Crippen LogP contribution is 2.01. The Morgan fingerprint density at radius 3 is 1.96 bits per heavy atom. The molecule has 0 heterocycles. The third kappa shape index (κ3) is 7.85. The predicted molar refractivity (Wildman–Crippen MR) is 95.4 cm³/mol. The van der Waals surface area contributed by atoms with Crippen LogP contribution in [-0.2, 0) is 25.7 Å². The number of hydrogen-bond donors (Lipinski definition) is 3. The largest absolute Gasteiger partial charge is 0.445 e. The molecule has 27 heavy (non-hydrogen) atoms. The molecular weight excluding hydrogens is 357 g/mol. The molecule has 0 aromatic heterocycles. The molecule has 1 rings (SSSR count). The highest BCUT2D eigenvalue weighted by molar-refractivity contribution is 5.94. The van der Waals surface area contributed by atoms with E-state index >= 15 is 0 Å². The van der Waals surface area contributed by atoms with Gasteiger partial charge in [-0.05, 0) is 26.3 Å². The van der Waals surface area contributed by atoms with Crippen LogP contribution in [0.5, 0.6) is 0 Å². The lowest BCUT2D eigenvalue weighted by Crippen LogP contribution is -2.53. The summed E-state index contributed by atoms with van der Waals surface area (Å²) in [6.45, 7) is 3.05. The Kier molecular flexibility index (Phi) is 8.91. The Hall–Kier alpha value is -2.97. The molecule has 0 spiro atoms. The zero-order valence-electron chi connectivity index (χ0n) is 15.5. The van der Waals surface area contributed by atoms with Gasteiger partial charge in [0.15, 0.2) is 5.78 Å². The van der Waals surface area contributed by atoms with Gasteiger partial charge in [-0.3, -0.25) is 14.4 Å². The van der Waals surface area contributed by atoms with Crippen molar-refractivity contribution >= 4 is 23.7 Å². The van der Waals surface area contributed by atoms with Crippen molar-refractivity contribution < 1.29 is 28.3 Å². The first kappa shape index (κ1) is 22.1. The van der Waals surface area contributed by atoms with Gasteiger partial charge in [0.05, 0.1) is 6.04 Å². The van der Waals surface area contributed by atoms with E-state index in [4.69, 9.17) is 4.74 Å². The zero-order chi connectivity index (χ0) is 20.4. The number of carbonyl (C=O) groups is 4. The van der Waals surface area contributed by atoms with Gasteiger partial charge in [0.25, 0.3) is 0 Å². The van der Waals surface area contributed by atoms with E-state index < -0.39 is 48.5 Å². The number of alkyl halides is 1. The quantitative estimate of drug-likeness (QED) is 0.587. The van der Waals surface area contributed by atoms with E-state index in [9.17, 15) is 23.6 Å². The molecule has 148 valence electrons. The molecule has 0 aliphatic carbocycles. The van der Waals surface area contributed by atoms with Crippen molar-refractivity contribution in [2.24, 2.45) is 0 Å². The number of ketones is 1. The van der Waals surface area contributed by atoms with Crippen LogP contribution in [0.4, 0.5) is 9.18 Å². The fourth-order valence-electron chi connectivity index (χ4n) is 1.95. The van der Waals surface area contributed by atoms with Crippen molar-refractivity contribution in [2.75, 3.05) is 6.67 Å². The van der Waals surface area contributed by atoms with Crippen LogP contribution >= 0.6 is 0 Å². The number of ether oxygens (including phenoxy) is 1. The summed E-state index contributed by atoms with van der Waals surface area (Å²) in [4.78, 5) is 46.8. The number of halogens is 1. The number of alkyl carbamates (subject to hydrolysis) is 1. The lowest BCUT2D eigenvalue weighted by atomic mass is 10.2. The lowest BCUT2D eigenvalue weighted by molar-refractivity contribution is -0.131. The van der Waals surface area contributed by atoms with Gasteiger partial charge in [0.2, 0.25) is 11.8 Å². The number of nitrogens with one attached hydrogen (secondary N) is 3. The van der Waals surface area contributed by atoms with E-state index in [1.807, 2.05) is 6.07 Å². The number of carbonyl (C=O) groups excluding carboxylic acids is 4. The molecule has 0 aliphatic heterocycles. The van der Waals surface area contributed by atoms with Crippen molar-refractivity contribution in [1.29, 1.82) is 0 Å². The molecule has 1 aromatic carbocycles. The maximum absolute atomic E-state index is 12.3. The normalized spacial score (nSPS) is 13.6. The standard InChI is InChI=1S/C18H24FN3O5/c1-11(15(23)9-19)20-16(24)12(2)21-17(25)13(3)22-18(26)27-10-14-7-5-4-6-8-14/h4-8,11-13H,9-10H2,1-3H3,(H,20,24)(H,21,25)(H,22,26)/t11-,12-,13-/m0/s1. The smallest absolute Gasteiger partial charge is 0.408 e.